The van der Waals surface area contributed by atoms with Crippen LogP contribution in [0.2, 0.25) is 5.15 Å². The number of ether oxygens (including phenoxy) is 1. The van der Waals surface area contributed by atoms with Crippen LogP contribution in [0.3, 0.4) is 0 Å². The van der Waals surface area contributed by atoms with E-state index >= 15 is 0 Å². The van der Waals surface area contributed by atoms with Gasteiger partial charge < -0.3 is 4.74 Å². The molecule has 0 saturated heterocycles. The van der Waals surface area contributed by atoms with Gasteiger partial charge in [-0.3, -0.25) is 0 Å². The Morgan fingerprint density at radius 2 is 2.05 bits per heavy atom. The third-order valence-corrected chi connectivity index (χ3v) is 3.36. The monoisotopic (exact) mass is 285 g/mol. The van der Waals surface area contributed by atoms with Crippen LogP contribution in [0, 0.1) is 0 Å². The smallest absolute Gasteiger partial charge is 0.338 e. The zero-order valence-corrected chi connectivity index (χ0v) is 11.6. The van der Waals surface area contributed by atoms with Gasteiger partial charge in [0.1, 0.15) is 5.15 Å². The molecule has 0 spiro atoms. The average Bonchev–Trinajstić information content (AvgIpc) is 2.46. The molecule has 1 aromatic heterocycles. The van der Waals surface area contributed by atoms with Crippen molar-refractivity contribution < 1.29 is 9.53 Å². The number of fused-ring (bicyclic) bond motifs is 3. The molecule has 0 aliphatic carbocycles. The van der Waals surface area contributed by atoms with Crippen molar-refractivity contribution in [2.24, 2.45) is 0 Å². The van der Waals surface area contributed by atoms with Gasteiger partial charge in [0, 0.05) is 5.39 Å². The molecule has 3 rings (SSSR count). The molecule has 1 heterocycles. The largest absolute Gasteiger partial charge is 0.462 e. The second kappa shape index (κ2) is 5.10. The Morgan fingerprint density at radius 1 is 1.25 bits per heavy atom. The quantitative estimate of drug-likeness (QED) is 0.402. The van der Waals surface area contributed by atoms with Gasteiger partial charge in [0.15, 0.2) is 0 Å². The van der Waals surface area contributed by atoms with Gasteiger partial charge in [-0.05, 0) is 29.8 Å². The molecule has 0 aliphatic rings. The maximum absolute atomic E-state index is 12.1. The third-order valence-electron chi connectivity index (χ3n) is 3.16. The lowest BCUT2D eigenvalue weighted by Gasteiger charge is -2.09. The van der Waals surface area contributed by atoms with Crippen LogP contribution in [-0.4, -0.2) is 17.6 Å². The third kappa shape index (κ3) is 2.10. The van der Waals surface area contributed by atoms with Crippen molar-refractivity contribution in [1.29, 1.82) is 0 Å². The highest BCUT2D eigenvalue weighted by Crippen LogP contribution is 2.29. The van der Waals surface area contributed by atoms with E-state index in [1.165, 1.54) is 0 Å². The highest BCUT2D eigenvalue weighted by atomic mass is 35.5. The average molecular weight is 286 g/mol. The van der Waals surface area contributed by atoms with Crippen LogP contribution >= 0.6 is 11.6 Å². The lowest BCUT2D eigenvalue weighted by atomic mass is 10.0. The van der Waals surface area contributed by atoms with Gasteiger partial charge in [-0.25, -0.2) is 9.78 Å². The Bertz CT molecular complexity index is 814. The summed E-state index contributed by atoms with van der Waals surface area (Å²) < 4.78 is 5.11. The summed E-state index contributed by atoms with van der Waals surface area (Å²) >= 11 is 6.00. The van der Waals surface area contributed by atoms with Crippen molar-refractivity contribution in [2.45, 2.75) is 6.92 Å². The second-order valence-corrected chi connectivity index (χ2v) is 4.78. The molecular formula is C16H12ClNO2. The Hall–Kier alpha value is -2.13. The van der Waals surface area contributed by atoms with Crippen LogP contribution in [0.25, 0.3) is 21.7 Å². The number of halogens is 1. The van der Waals surface area contributed by atoms with E-state index in [2.05, 4.69) is 4.98 Å². The van der Waals surface area contributed by atoms with E-state index in [1.54, 1.807) is 13.0 Å². The Kier molecular flexibility index (Phi) is 3.28. The van der Waals surface area contributed by atoms with Crippen molar-refractivity contribution in [3.8, 4) is 0 Å². The summed E-state index contributed by atoms with van der Waals surface area (Å²) in [4.78, 5) is 16.4. The van der Waals surface area contributed by atoms with Crippen LogP contribution < -0.4 is 0 Å². The molecule has 0 bridgehead atoms. The van der Waals surface area contributed by atoms with Crippen LogP contribution in [0.15, 0.2) is 42.5 Å². The number of carbonyl (C=O) groups is 1. The highest BCUT2D eigenvalue weighted by Gasteiger charge is 2.15. The maximum Gasteiger partial charge on any atom is 0.338 e. The molecule has 0 saturated carbocycles. The molecule has 0 unspecified atom stereocenters. The van der Waals surface area contributed by atoms with E-state index in [0.29, 0.717) is 17.7 Å². The molecule has 3 nitrogen and oxygen atoms in total. The van der Waals surface area contributed by atoms with Gasteiger partial charge in [0.05, 0.1) is 17.7 Å². The number of benzene rings is 2. The molecule has 0 amide bonds. The first-order valence-electron chi connectivity index (χ1n) is 6.36. The zero-order valence-electron chi connectivity index (χ0n) is 10.9. The lowest BCUT2D eigenvalue weighted by molar-refractivity contribution is 0.0528. The van der Waals surface area contributed by atoms with Gasteiger partial charge in [-0.2, -0.15) is 0 Å². The number of carbonyl (C=O) groups excluding carboxylic acids is 1. The number of pyridine rings is 1. The number of hydrogen-bond acceptors (Lipinski definition) is 3. The van der Waals surface area contributed by atoms with Crippen LogP contribution in [0.4, 0.5) is 0 Å². The second-order valence-electron chi connectivity index (χ2n) is 4.39. The highest BCUT2D eigenvalue weighted by molar-refractivity contribution is 6.31. The predicted molar refractivity (Wildman–Crippen MR) is 80.2 cm³/mol. The number of aromatic nitrogens is 1. The first kappa shape index (κ1) is 12.9. The lowest BCUT2D eigenvalue weighted by Crippen LogP contribution is -2.06. The molecule has 0 fully saturated rings. The molecule has 100 valence electrons. The van der Waals surface area contributed by atoms with Crippen molar-refractivity contribution >= 4 is 39.2 Å². The minimum Gasteiger partial charge on any atom is -0.462 e. The minimum atomic E-state index is -0.377. The Morgan fingerprint density at radius 3 is 2.85 bits per heavy atom. The fourth-order valence-electron chi connectivity index (χ4n) is 2.34. The van der Waals surface area contributed by atoms with E-state index < -0.39 is 0 Å². The summed E-state index contributed by atoms with van der Waals surface area (Å²) in [7, 11) is 0. The van der Waals surface area contributed by atoms with E-state index in [0.717, 1.165) is 16.2 Å². The SMILES string of the molecule is CCOC(=O)c1cc(Cl)nc2ccc3ccccc3c12. The van der Waals surface area contributed by atoms with Gasteiger partial charge in [0.25, 0.3) is 0 Å². The Labute approximate surface area is 121 Å². The fourth-order valence-corrected chi connectivity index (χ4v) is 2.54. The molecule has 2 aromatic carbocycles. The molecule has 0 radical (unpaired) electrons. The van der Waals surface area contributed by atoms with E-state index in [1.807, 2.05) is 36.4 Å². The van der Waals surface area contributed by atoms with Gasteiger partial charge in [0.2, 0.25) is 0 Å². The van der Waals surface area contributed by atoms with Crippen molar-refractivity contribution in [3.05, 3.63) is 53.2 Å². The van der Waals surface area contributed by atoms with Crippen molar-refractivity contribution in [2.75, 3.05) is 6.61 Å². The normalized spacial score (nSPS) is 10.9. The minimum absolute atomic E-state index is 0.288. The molecule has 0 atom stereocenters. The van der Waals surface area contributed by atoms with Gasteiger partial charge >= 0.3 is 5.97 Å². The molecule has 4 heteroatoms. The maximum atomic E-state index is 12.1. The number of esters is 1. The number of nitrogens with zero attached hydrogens (tertiary/aromatic N) is 1. The van der Waals surface area contributed by atoms with Crippen LogP contribution in [0.1, 0.15) is 17.3 Å². The summed E-state index contributed by atoms with van der Waals surface area (Å²) in [5.74, 6) is -0.377. The molecule has 0 aliphatic heterocycles. The standard InChI is InChI=1S/C16H12ClNO2/c1-2-20-16(19)12-9-14(17)18-13-8-7-10-5-3-4-6-11(10)15(12)13/h3-9H,2H2,1H3. The predicted octanol–water partition coefficient (Wildman–Crippen LogP) is 4.22. The van der Waals surface area contributed by atoms with E-state index in [9.17, 15) is 4.79 Å². The molecule has 20 heavy (non-hydrogen) atoms. The van der Waals surface area contributed by atoms with Gasteiger partial charge in [-0.15, -0.1) is 0 Å². The zero-order chi connectivity index (χ0) is 14.1. The first-order chi connectivity index (χ1) is 9.70. The van der Waals surface area contributed by atoms with Crippen LogP contribution in [-0.2, 0) is 4.74 Å². The van der Waals surface area contributed by atoms with Crippen molar-refractivity contribution in [1.82, 2.24) is 4.98 Å². The molecule has 0 N–H and O–H groups in total. The summed E-state index contributed by atoms with van der Waals surface area (Å²) in [5.41, 5.74) is 1.15. The summed E-state index contributed by atoms with van der Waals surface area (Å²) in [5, 5.41) is 3.09. The number of hydrogen-bond donors (Lipinski definition) is 0. The summed E-state index contributed by atoms with van der Waals surface area (Å²) in [6, 6.07) is 13.3. The molecular weight excluding hydrogens is 274 g/mol. The van der Waals surface area contributed by atoms with E-state index in [4.69, 9.17) is 16.3 Å². The fraction of sp³-hybridized carbons (Fsp3) is 0.125. The summed E-state index contributed by atoms with van der Waals surface area (Å²) in [6.45, 7) is 2.10. The number of rotatable bonds is 2. The van der Waals surface area contributed by atoms with E-state index in [-0.39, 0.29) is 11.1 Å². The Balaban J connectivity index is 2.42. The van der Waals surface area contributed by atoms with Crippen molar-refractivity contribution in [3.63, 3.8) is 0 Å². The molecule has 3 aromatic rings. The topological polar surface area (TPSA) is 39.2 Å². The van der Waals surface area contributed by atoms with Crippen LogP contribution in [0.5, 0.6) is 0 Å². The summed E-state index contributed by atoms with van der Waals surface area (Å²) in [6.07, 6.45) is 0. The van der Waals surface area contributed by atoms with Gasteiger partial charge in [-0.1, -0.05) is 41.9 Å². The first-order valence-corrected chi connectivity index (χ1v) is 6.73.